The topological polar surface area (TPSA) is 144 Å². The molecule has 0 aliphatic heterocycles. The molecule has 0 unspecified atom stereocenters. The Bertz CT molecular complexity index is 425. The van der Waals surface area contributed by atoms with Gasteiger partial charge in [0.25, 0.3) is 0 Å². The maximum atomic E-state index is 11.9. The molecule has 0 aromatic rings. The van der Waals surface area contributed by atoms with Crippen LogP contribution in [0, 0.1) is 0 Å². The van der Waals surface area contributed by atoms with Gasteiger partial charge in [0.05, 0.1) is 6.54 Å². The number of unbranched alkanes of at least 4 members (excludes halogenated alkanes) is 2. The summed E-state index contributed by atoms with van der Waals surface area (Å²) in [6.07, 6.45) is 1.79. The number of carbonyl (C=O) groups is 4. The molecule has 0 fully saturated rings. The summed E-state index contributed by atoms with van der Waals surface area (Å²) in [5.74, 6) is -3.83. The lowest BCUT2D eigenvalue weighted by atomic mass is 10.1. The zero-order chi connectivity index (χ0) is 17.8. The Morgan fingerprint density at radius 3 is 2.26 bits per heavy atom. The second-order valence-electron chi connectivity index (χ2n) is 5.07. The highest BCUT2D eigenvalue weighted by molar-refractivity contribution is 5.88. The Morgan fingerprint density at radius 1 is 1.13 bits per heavy atom. The van der Waals surface area contributed by atoms with E-state index < -0.39 is 42.8 Å². The first-order chi connectivity index (χ1) is 10.8. The van der Waals surface area contributed by atoms with Crippen LogP contribution >= 0.6 is 0 Å². The maximum Gasteiger partial charge on any atom is 0.326 e. The van der Waals surface area contributed by atoms with E-state index in [0.29, 0.717) is 6.42 Å². The number of aliphatic hydroxyl groups is 1. The Kier molecular flexibility index (Phi) is 10.3. The molecule has 0 aliphatic carbocycles. The summed E-state index contributed by atoms with van der Waals surface area (Å²) in [5.41, 5.74) is 0. The molecule has 0 aliphatic rings. The molecule has 0 heterocycles. The quantitative estimate of drug-likeness (QED) is 0.350. The summed E-state index contributed by atoms with van der Waals surface area (Å²) in [7, 11) is 0. The minimum Gasteiger partial charge on any atom is -0.481 e. The first-order valence-corrected chi connectivity index (χ1v) is 7.44. The van der Waals surface area contributed by atoms with Crippen LogP contribution in [0.25, 0.3) is 0 Å². The Morgan fingerprint density at radius 2 is 1.78 bits per heavy atom. The number of hydrogen-bond donors (Lipinski definition) is 4. The molecular formula is C14H24N2O7. The molecule has 0 aromatic carbocycles. The van der Waals surface area contributed by atoms with Crippen molar-refractivity contribution < 1.29 is 34.5 Å². The van der Waals surface area contributed by atoms with Crippen LogP contribution < -0.4 is 5.32 Å². The van der Waals surface area contributed by atoms with Gasteiger partial charge in [-0.2, -0.15) is 0 Å². The van der Waals surface area contributed by atoms with Gasteiger partial charge in [0, 0.05) is 13.0 Å². The van der Waals surface area contributed by atoms with Crippen LogP contribution in [0.5, 0.6) is 0 Å². The second kappa shape index (κ2) is 11.4. The van der Waals surface area contributed by atoms with Crippen molar-refractivity contribution in [1.82, 2.24) is 10.2 Å². The molecule has 0 saturated carbocycles. The van der Waals surface area contributed by atoms with Gasteiger partial charge < -0.3 is 25.5 Å². The molecule has 0 bridgehead atoms. The third-order valence-electron chi connectivity index (χ3n) is 3.13. The largest absolute Gasteiger partial charge is 0.481 e. The lowest BCUT2D eigenvalue weighted by Crippen LogP contribution is -2.47. The van der Waals surface area contributed by atoms with Crippen molar-refractivity contribution in [2.75, 3.05) is 19.7 Å². The van der Waals surface area contributed by atoms with Crippen molar-refractivity contribution in [3.63, 3.8) is 0 Å². The third-order valence-corrected chi connectivity index (χ3v) is 3.13. The van der Waals surface area contributed by atoms with Crippen molar-refractivity contribution in [3.8, 4) is 0 Å². The van der Waals surface area contributed by atoms with Crippen LogP contribution in [0.15, 0.2) is 0 Å². The van der Waals surface area contributed by atoms with E-state index in [2.05, 4.69) is 5.32 Å². The maximum absolute atomic E-state index is 11.9. The molecule has 4 N–H and O–H groups in total. The lowest BCUT2D eigenvalue weighted by Gasteiger charge is -2.22. The molecule has 132 valence electrons. The first-order valence-electron chi connectivity index (χ1n) is 7.44. The summed E-state index contributed by atoms with van der Waals surface area (Å²) in [5, 5.41) is 28.6. The van der Waals surface area contributed by atoms with Gasteiger partial charge >= 0.3 is 11.9 Å². The van der Waals surface area contributed by atoms with Crippen LogP contribution in [0.3, 0.4) is 0 Å². The number of hydrogen-bond acceptors (Lipinski definition) is 5. The molecule has 2 amide bonds. The van der Waals surface area contributed by atoms with Gasteiger partial charge in [-0.3, -0.25) is 14.4 Å². The van der Waals surface area contributed by atoms with Gasteiger partial charge in [-0.15, -0.1) is 0 Å². The Labute approximate surface area is 134 Å². The minimum absolute atomic E-state index is 0.250. The van der Waals surface area contributed by atoms with E-state index in [4.69, 9.17) is 15.3 Å². The number of rotatable bonds is 12. The molecule has 0 aromatic heterocycles. The summed E-state index contributed by atoms with van der Waals surface area (Å²) < 4.78 is 0. The van der Waals surface area contributed by atoms with E-state index in [9.17, 15) is 19.2 Å². The molecule has 0 radical (unpaired) electrons. The average molecular weight is 332 g/mol. The molecule has 9 heteroatoms. The van der Waals surface area contributed by atoms with Gasteiger partial charge in [-0.05, 0) is 12.8 Å². The van der Waals surface area contributed by atoms with Crippen molar-refractivity contribution in [2.24, 2.45) is 0 Å². The normalized spacial score (nSPS) is 11.6. The zero-order valence-corrected chi connectivity index (χ0v) is 13.2. The van der Waals surface area contributed by atoms with Gasteiger partial charge in [0.1, 0.15) is 12.6 Å². The van der Waals surface area contributed by atoms with Crippen molar-refractivity contribution in [1.29, 1.82) is 0 Å². The monoisotopic (exact) mass is 332 g/mol. The molecular weight excluding hydrogens is 308 g/mol. The fourth-order valence-electron chi connectivity index (χ4n) is 1.88. The number of nitrogens with zero attached hydrogens (tertiary/aromatic N) is 1. The standard InChI is InChI=1S/C14H24N2O7/c1-2-3-4-7-16(12(19)9-17)8-11(18)15-10(14(22)23)5-6-13(20)21/h10,17H,2-9H2,1H3,(H,15,18)(H,20,21)(H,22,23)/t10-/m0/s1. The molecule has 0 spiro atoms. The van der Waals surface area contributed by atoms with Crippen LogP contribution in [0.2, 0.25) is 0 Å². The second-order valence-corrected chi connectivity index (χ2v) is 5.07. The number of carboxylic acids is 2. The van der Waals surface area contributed by atoms with Gasteiger partial charge in [-0.25, -0.2) is 4.79 Å². The molecule has 1 atom stereocenters. The Hall–Kier alpha value is -2.16. The smallest absolute Gasteiger partial charge is 0.326 e. The number of amides is 2. The van der Waals surface area contributed by atoms with Crippen molar-refractivity contribution in [2.45, 2.75) is 45.1 Å². The van der Waals surface area contributed by atoms with Crippen LogP contribution in [-0.2, 0) is 19.2 Å². The van der Waals surface area contributed by atoms with Gasteiger partial charge in [0.2, 0.25) is 11.8 Å². The fourth-order valence-corrected chi connectivity index (χ4v) is 1.88. The summed E-state index contributed by atoms with van der Waals surface area (Å²) >= 11 is 0. The number of aliphatic hydroxyl groups excluding tert-OH is 1. The number of carbonyl (C=O) groups excluding carboxylic acids is 2. The number of nitrogens with one attached hydrogen (secondary N) is 1. The highest BCUT2D eigenvalue weighted by Crippen LogP contribution is 2.01. The van der Waals surface area contributed by atoms with Gasteiger partial charge in [-0.1, -0.05) is 19.8 Å². The zero-order valence-electron chi connectivity index (χ0n) is 13.2. The van der Waals surface area contributed by atoms with E-state index in [-0.39, 0.29) is 19.5 Å². The summed E-state index contributed by atoms with van der Waals surface area (Å²) in [6.45, 7) is 1.15. The fraction of sp³-hybridized carbons (Fsp3) is 0.714. The van der Waals surface area contributed by atoms with Gasteiger partial charge in [0.15, 0.2) is 0 Å². The minimum atomic E-state index is -1.34. The van der Waals surface area contributed by atoms with E-state index in [1.807, 2.05) is 6.92 Å². The van der Waals surface area contributed by atoms with Crippen LogP contribution in [0.4, 0.5) is 0 Å². The lowest BCUT2D eigenvalue weighted by molar-refractivity contribution is -0.144. The molecule has 23 heavy (non-hydrogen) atoms. The number of carboxylic acid groups (broad SMARTS) is 2. The van der Waals surface area contributed by atoms with Crippen molar-refractivity contribution >= 4 is 23.8 Å². The van der Waals surface area contributed by atoms with Crippen LogP contribution in [-0.4, -0.2) is 69.7 Å². The van der Waals surface area contributed by atoms with E-state index in [1.165, 1.54) is 0 Å². The predicted molar refractivity (Wildman–Crippen MR) is 79.6 cm³/mol. The average Bonchev–Trinajstić information content (AvgIpc) is 2.49. The number of aliphatic carboxylic acids is 2. The van der Waals surface area contributed by atoms with E-state index in [0.717, 1.165) is 17.7 Å². The highest BCUT2D eigenvalue weighted by Gasteiger charge is 2.23. The molecule has 0 saturated heterocycles. The summed E-state index contributed by atoms with van der Waals surface area (Å²) in [4.78, 5) is 46.1. The SMILES string of the molecule is CCCCCN(CC(=O)N[C@@H](CCC(=O)O)C(=O)O)C(=O)CO. The summed E-state index contributed by atoms with van der Waals surface area (Å²) in [6, 6.07) is -1.33. The van der Waals surface area contributed by atoms with E-state index >= 15 is 0 Å². The highest BCUT2D eigenvalue weighted by atomic mass is 16.4. The van der Waals surface area contributed by atoms with Crippen molar-refractivity contribution in [3.05, 3.63) is 0 Å². The van der Waals surface area contributed by atoms with Crippen LogP contribution in [0.1, 0.15) is 39.0 Å². The predicted octanol–water partition coefficient (Wildman–Crippen LogP) is -0.568. The molecule has 0 rings (SSSR count). The molecule has 9 nitrogen and oxygen atoms in total. The first kappa shape index (κ1) is 20.8. The third kappa shape index (κ3) is 9.46. The Balaban J connectivity index is 4.59. The van der Waals surface area contributed by atoms with E-state index in [1.54, 1.807) is 0 Å².